The molecule has 2 aromatic rings. The van der Waals surface area contributed by atoms with E-state index in [0.717, 1.165) is 6.20 Å². The highest BCUT2D eigenvalue weighted by atomic mass is 19.3. The third-order valence-corrected chi connectivity index (χ3v) is 3.14. The number of benzene rings is 1. The van der Waals surface area contributed by atoms with E-state index in [1.807, 2.05) is 0 Å². The fraction of sp³-hybridized carbons (Fsp3) is 0.200. The van der Waals surface area contributed by atoms with Gasteiger partial charge in [-0.2, -0.15) is 14.0 Å². The van der Waals surface area contributed by atoms with Gasteiger partial charge in [0.1, 0.15) is 18.3 Å². The molecule has 0 atom stereocenters. The van der Waals surface area contributed by atoms with E-state index in [9.17, 15) is 18.4 Å². The van der Waals surface area contributed by atoms with Gasteiger partial charge in [-0.3, -0.25) is 14.2 Å². The number of nitrogens with one attached hydrogen (secondary N) is 1. The van der Waals surface area contributed by atoms with Crippen molar-refractivity contribution in [2.45, 2.75) is 12.5 Å². The van der Waals surface area contributed by atoms with Crippen molar-refractivity contribution in [3.05, 3.63) is 58.1 Å². The Labute approximate surface area is 134 Å². The molecule has 9 heteroatoms. The molecule has 0 aliphatic carbocycles. The van der Waals surface area contributed by atoms with E-state index < -0.39 is 36.4 Å². The first-order valence-corrected chi connectivity index (χ1v) is 6.74. The van der Waals surface area contributed by atoms with Gasteiger partial charge in [-0.15, -0.1) is 0 Å². The largest absolute Gasteiger partial charge is 0.480 e. The highest BCUT2D eigenvalue weighted by Crippen LogP contribution is 2.27. The number of aromatic nitrogens is 2. The lowest BCUT2D eigenvalue weighted by Gasteiger charge is -2.18. The first kappa shape index (κ1) is 17.1. The molecule has 0 aliphatic heterocycles. The molecule has 0 bridgehead atoms. The summed E-state index contributed by atoms with van der Waals surface area (Å²) in [6.45, 7) is -1.67. The number of aliphatic carboxylic acids is 1. The fourth-order valence-electron chi connectivity index (χ4n) is 1.97. The summed E-state index contributed by atoms with van der Waals surface area (Å²) in [6, 6.07) is 8.64. The molecular weight excluding hydrogens is 322 g/mol. The van der Waals surface area contributed by atoms with E-state index in [1.165, 1.54) is 24.3 Å². The smallest absolute Gasteiger partial charge is 0.323 e. The summed E-state index contributed by atoms with van der Waals surface area (Å²) in [4.78, 5) is 26.5. The van der Waals surface area contributed by atoms with E-state index in [-0.39, 0.29) is 11.3 Å². The maximum atomic E-state index is 14.1. The van der Waals surface area contributed by atoms with Crippen LogP contribution in [0.3, 0.4) is 0 Å². The van der Waals surface area contributed by atoms with E-state index in [1.54, 1.807) is 12.1 Å². The number of hydrogen-bond acceptors (Lipinski definition) is 5. The van der Waals surface area contributed by atoms with E-state index in [2.05, 4.69) is 10.3 Å². The summed E-state index contributed by atoms with van der Waals surface area (Å²) in [6.07, 6.45) is 0.952. The van der Waals surface area contributed by atoms with E-state index in [0.29, 0.717) is 4.57 Å². The monoisotopic (exact) mass is 334 g/mol. The molecule has 0 amide bonds. The minimum atomic E-state index is -3.26. The minimum Gasteiger partial charge on any atom is -0.480 e. The van der Waals surface area contributed by atoms with Gasteiger partial charge in [0.2, 0.25) is 0 Å². The van der Waals surface area contributed by atoms with Crippen LogP contribution in [0.1, 0.15) is 11.3 Å². The Hall–Kier alpha value is -3.28. The Balaban J connectivity index is 2.26. The summed E-state index contributed by atoms with van der Waals surface area (Å²) in [7, 11) is 0. The third-order valence-electron chi connectivity index (χ3n) is 3.14. The molecule has 1 aromatic carbocycles. The Morgan fingerprint density at radius 2 is 2.04 bits per heavy atom. The molecule has 0 radical (unpaired) electrons. The van der Waals surface area contributed by atoms with Gasteiger partial charge >= 0.3 is 5.97 Å². The average molecular weight is 334 g/mol. The van der Waals surface area contributed by atoms with Crippen LogP contribution in [-0.2, 0) is 17.3 Å². The lowest BCUT2D eigenvalue weighted by Crippen LogP contribution is -2.32. The third kappa shape index (κ3) is 3.73. The van der Waals surface area contributed by atoms with Crippen molar-refractivity contribution < 1.29 is 18.7 Å². The SMILES string of the molecule is N#Cc1cnc(NCC(F)(F)c2ccccc2)c(=O)n1CC(=O)O. The molecule has 1 heterocycles. The highest BCUT2D eigenvalue weighted by Gasteiger charge is 2.31. The Kier molecular flexibility index (Phi) is 4.89. The number of anilines is 1. The predicted octanol–water partition coefficient (Wildman–Crippen LogP) is 1.40. The van der Waals surface area contributed by atoms with Crippen LogP contribution in [0.5, 0.6) is 0 Å². The van der Waals surface area contributed by atoms with Crippen LogP contribution in [0.25, 0.3) is 0 Å². The van der Waals surface area contributed by atoms with Crippen molar-refractivity contribution in [2.24, 2.45) is 0 Å². The van der Waals surface area contributed by atoms with Crippen LogP contribution in [0.15, 0.2) is 41.3 Å². The minimum absolute atomic E-state index is 0.239. The van der Waals surface area contributed by atoms with Crippen molar-refractivity contribution in [1.82, 2.24) is 9.55 Å². The van der Waals surface area contributed by atoms with Crippen molar-refractivity contribution in [3.8, 4) is 6.07 Å². The van der Waals surface area contributed by atoms with Gasteiger partial charge in [-0.1, -0.05) is 30.3 Å². The molecule has 0 unspecified atom stereocenters. The van der Waals surface area contributed by atoms with Gasteiger partial charge in [0.05, 0.1) is 12.7 Å². The van der Waals surface area contributed by atoms with Crippen molar-refractivity contribution >= 4 is 11.8 Å². The molecular formula is C15H12F2N4O3. The molecule has 24 heavy (non-hydrogen) atoms. The van der Waals surface area contributed by atoms with Crippen molar-refractivity contribution in [1.29, 1.82) is 5.26 Å². The Morgan fingerprint density at radius 1 is 1.38 bits per heavy atom. The topological polar surface area (TPSA) is 108 Å². The molecule has 0 saturated carbocycles. The zero-order chi connectivity index (χ0) is 17.7. The first-order valence-electron chi connectivity index (χ1n) is 6.74. The number of carboxylic acids is 1. The number of carboxylic acid groups (broad SMARTS) is 1. The molecule has 124 valence electrons. The lowest BCUT2D eigenvalue weighted by atomic mass is 10.1. The van der Waals surface area contributed by atoms with E-state index in [4.69, 9.17) is 10.4 Å². The summed E-state index contributed by atoms with van der Waals surface area (Å²) >= 11 is 0. The summed E-state index contributed by atoms with van der Waals surface area (Å²) < 4.78 is 28.8. The molecule has 0 aliphatic rings. The predicted molar refractivity (Wildman–Crippen MR) is 79.7 cm³/mol. The van der Waals surface area contributed by atoms with Crippen LogP contribution in [-0.4, -0.2) is 27.2 Å². The number of hydrogen-bond donors (Lipinski definition) is 2. The number of alkyl halides is 2. The van der Waals surface area contributed by atoms with Gasteiger partial charge in [-0.05, 0) is 0 Å². The summed E-state index contributed by atoms with van der Waals surface area (Å²) in [5.74, 6) is -5.06. The van der Waals surface area contributed by atoms with Crippen LogP contribution in [0.2, 0.25) is 0 Å². The second kappa shape index (κ2) is 6.87. The second-order valence-corrected chi connectivity index (χ2v) is 4.81. The van der Waals surface area contributed by atoms with Gasteiger partial charge in [-0.25, -0.2) is 4.98 Å². The number of halogens is 2. The van der Waals surface area contributed by atoms with Gasteiger partial charge in [0, 0.05) is 5.56 Å². The zero-order valence-corrected chi connectivity index (χ0v) is 12.2. The maximum Gasteiger partial charge on any atom is 0.323 e. The number of nitriles is 1. The Bertz CT molecular complexity index is 844. The standard InChI is InChI=1S/C15H12F2N4O3/c16-15(17,10-4-2-1-3-5-10)9-20-13-14(24)21(8-12(22)23)11(6-18)7-19-13/h1-5,7H,8-9H2,(H,19,20)(H,22,23). The summed E-state index contributed by atoms with van der Waals surface area (Å²) in [5.41, 5.74) is -1.47. The van der Waals surface area contributed by atoms with Crippen molar-refractivity contribution in [2.75, 3.05) is 11.9 Å². The second-order valence-electron chi connectivity index (χ2n) is 4.81. The van der Waals surface area contributed by atoms with Crippen LogP contribution in [0.4, 0.5) is 14.6 Å². The normalized spacial score (nSPS) is 10.9. The maximum absolute atomic E-state index is 14.1. The van der Waals surface area contributed by atoms with Crippen LogP contribution < -0.4 is 10.9 Å². The number of nitrogens with zero attached hydrogens (tertiary/aromatic N) is 3. The number of carbonyl (C=O) groups is 1. The molecule has 0 saturated heterocycles. The average Bonchev–Trinajstić information content (AvgIpc) is 2.56. The van der Waals surface area contributed by atoms with Gasteiger partial charge < -0.3 is 10.4 Å². The van der Waals surface area contributed by atoms with Gasteiger partial charge in [0.25, 0.3) is 11.5 Å². The Morgan fingerprint density at radius 3 is 2.62 bits per heavy atom. The molecule has 0 spiro atoms. The molecule has 2 rings (SSSR count). The van der Waals surface area contributed by atoms with Crippen molar-refractivity contribution in [3.63, 3.8) is 0 Å². The molecule has 1 aromatic heterocycles. The van der Waals surface area contributed by atoms with Crippen LogP contribution in [0, 0.1) is 11.3 Å². The zero-order valence-electron chi connectivity index (χ0n) is 12.2. The number of rotatable bonds is 6. The van der Waals surface area contributed by atoms with Crippen LogP contribution >= 0.6 is 0 Å². The molecule has 2 N–H and O–H groups in total. The summed E-state index contributed by atoms with van der Waals surface area (Å²) in [5, 5.41) is 19.9. The first-order chi connectivity index (χ1) is 11.3. The van der Waals surface area contributed by atoms with E-state index >= 15 is 0 Å². The molecule has 7 nitrogen and oxygen atoms in total. The highest BCUT2D eigenvalue weighted by molar-refractivity contribution is 5.67. The van der Waals surface area contributed by atoms with Gasteiger partial charge in [0.15, 0.2) is 5.82 Å². The fourth-order valence-corrected chi connectivity index (χ4v) is 1.97. The quantitative estimate of drug-likeness (QED) is 0.827. The lowest BCUT2D eigenvalue weighted by molar-refractivity contribution is -0.137. The molecule has 0 fully saturated rings.